The van der Waals surface area contributed by atoms with Gasteiger partial charge in [-0.1, -0.05) is 146 Å². The fraction of sp³-hybridized carbons (Fsp3) is 0. The van der Waals surface area contributed by atoms with Crippen molar-refractivity contribution >= 4 is 65.0 Å². The normalized spacial score (nSPS) is 13.0. The summed E-state index contributed by atoms with van der Waals surface area (Å²) >= 11 is 0. The number of hydrogen-bond acceptors (Lipinski definition) is 1. The molecule has 1 heteroatoms. The second-order valence-corrected chi connectivity index (χ2v) is 12.1. The number of fused-ring (bicyclic) bond motifs is 8. The van der Waals surface area contributed by atoms with Crippen molar-refractivity contribution in [2.24, 2.45) is 0 Å². The Balaban J connectivity index is 1.29. The average Bonchev–Trinajstić information content (AvgIpc) is 3.55. The average molecular weight is 601 g/mol. The first-order chi connectivity index (χ1) is 25.0. The van der Waals surface area contributed by atoms with Gasteiger partial charge in [0.05, 0.1) is 5.48 Å². The van der Waals surface area contributed by atoms with Crippen LogP contribution in [0.3, 0.4) is 0 Å². The van der Waals surface area contributed by atoms with Crippen LogP contribution in [0.1, 0.15) is 5.48 Å². The van der Waals surface area contributed by atoms with E-state index in [1.165, 1.54) is 0 Å². The Morgan fingerprint density at radius 2 is 0.979 bits per heavy atom. The van der Waals surface area contributed by atoms with Crippen molar-refractivity contribution in [2.45, 2.75) is 0 Å². The van der Waals surface area contributed by atoms with Gasteiger partial charge >= 0.3 is 0 Å². The molecule has 1 nitrogen and oxygen atoms in total. The highest BCUT2D eigenvalue weighted by Crippen LogP contribution is 2.45. The van der Waals surface area contributed by atoms with Gasteiger partial charge < -0.3 is 4.42 Å². The smallest absolute Gasteiger partial charge is 0.143 e. The molecule has 0 N–H and O–H groups in total. The summed E-state index contributed by atoms with van der Waals surface area (Å²) < 4.78 is 43.5. The molecule has 47 heavy (non-hydrogen) atoms. The molecule has 218 valence electrons. The second kappa shape index (κ2) is 10.2. The lowest BCUT2D eigenvalue weighted by Crippen LogP contribution is -1.91. The highest BCUT2D eigenvalue weighted by atomic mass is 16.3. The minimum absolute atomic E-state index is 0.0823. The summed E-state index contributed by atoms with van der Waals surface area (Å²) in [6.07, 6.45) is 0. The lowest BCUT2D eigenvalue weighted by molar-refractivity contribution is 0.672. The van der Waals surface area contributed by atoms with Crippen molar-refractivity contribution in [3.8, 4) is 33.4 Å². The van der Waals surface area contributed by atoms with Gasteiger partial charge in [0.25, 0.3) is 0 Å². The Morgan fingerprint density at radius 1 is 0.404 bits per heavy atom. The van der Waals surface area contributed by atoms with E-state index in [-0.39, 0.29) is 24.2 Å². The first-order valence-electron chi connectivity index (χ1n) is 17.9. The maximum absolute atomic E-state index is 9.72. The van der Waals surface area contributed by atoms with E-state index in [0.717, 1.165) is 87.3 Å². The monoisotopic (exact) mass is 600 g/mol. The van der Waals surface area contributed by atoms with E-state index in [1.807, 2.05) is 91.0 Å². The van der Waals surface area contributed by atoms with E-state index >= 15 is 0 Å². The fourth-order valence-electron chi connectivity index (χ4n) is 7.42. The van der Waals surface area contributed by atoms with Gasteiger partial charge in [0.1, 0.15) is 11.2 Å². The van der Waals surface area contributed by atoms with Gasteiger partial charge in [0.2, 0.25) is 0 Å². The van der Waals surface area contributed by atoms with Gasteiger partial charge in [-0.25, -0.2) is 0 Å². The van der Waals surface area contributed by atoms with Gasteiger partial charge in [-0.2, -0.15) is 0 Å². The first-order valence-corrected chi connectivity index (χ1v) is 15.9. The van der Waals surface area contributed by atoms with Crippen LogP contribution < -0.4 is 0 Å². The van der Waals surface area contributed by atoms with Crippen LogP contribution in [-0.4, -0.2) is 0 Å². The van der Waals surface area contributed by atoms with Crippen LogP contribution in [0.2, 0.25) is 0 Å². The third-order valence-electron chi connectivity index (χ3n) is 9.52. The van der Waals surface area contributed by atoms with Crippen LogP contribution in [0, 0.1) is 0 Å². The highest BCUT2D eigenvalue weighted by Gasteiger charge is 2.19. The summed E-state index contributed by atoms with van der Waals surface area (Å²) in [4.78, 5) is 0. The van der Waals surface area contributed by atoms with Gasteiger partial charge in [-0.05, 0) is 95.3 Å². The first kappa shape index (κ1) is 22.3. The highest BCUT2D eigenvalue weighted by molar-refractivity contribution is 6.23. The maximum Gasteiger partial charge on any atom is 0.143 e. The van der Waals surface area contributed by atoms with Gasteiger partial charge in [-0.3, -0.25) is 0 Å². The minimum atomic E-state index is -0.189. The largest absolute Gasteiger partial charge is 0.455 e. The molecule has 0 saturated heterocycles. The maximum atomic E-state index is 9.72. The van der Waals surface area contributed by atoms with Crippen LogP contribution in [0.4, 0.5) is 0 Å². The van der Waals surface area contributed by atoms with E-state index < -0.39 is 0 Å². The molecule has 10 aromatic rings. The van der Waals surface area contributed by atoms with Crippen LogP contribution in [0.5, 0.6) is 0 Å². The summed E-state index contributed by atoms with van der Waals surface area (Å²) in [5.74, 6) is 0. The van der Waals surface area contributed by atoms with Crippen LogP contribution in [0.25, 0.3) is 98.4 Å². The molecule has 0 atom stereocenters. The van der Waals surface area contributed by atoms with Crippen molar-refractivity contribution in [3.05, 3.63) is 170 Å². The molecule has 0 saturated carbocycles. The van der Waals surface area contributed by atoms with Gasteiger partial charge in [0, 0.05) is 16.2 Å². The van der Waals surface area contributed by atoms with Crippen molar-refractivity contribution in [1.82, 2.24) is 0 Å². The molecular formula is C46H28O. The van der Waals surface area contributed by atoms with E-state index in [9.17, 15) is 2.74 Å². The Hall–Kier alpha value is -6.18. The predicted octanol–water partition coefficient (Wildman–Crippen LogP) is 13.2. The Morgan fingerprint density at radius 3 is 1.70 bits per heavy atom. The van der Waals surface area contributed by atoms with Crippen LogP contribution in [0.15, 0.2) is 174 Å². The number of hydrogen-bond donors (Lipinski definition) is 0. The molecule has 0 bridgehead atoms. The molecule has 0 aliphatic rings. The molecular weight excluding hydrogens is 569 g/mol. The zero-order chi connectivity index (χ0) is 34.4. The third-order valence-corrected chi connectivity index (χ3v) is 9.52. The van der Waals surface area contributed by atoms with E-state index in [1.54, 1.807) is 0 Å². The summed E-state index contributed by atoms with van der Waals surface area (Å²) in [7, 11) is 0. The number of furan rings is 1. The molecule has 10 rings (SSSR count). The molecule has 0 fully saturated rings. The van der Waals surface area contributed by atoms with Crippen molar-refractivity contribution in [3.63, 3.8) is 0 Å². The van der Waals surface area contributed by atoms with Crippen molar-refractivity contribution in [2.75, 3.05) is 0 Å². The Labute approximate surface area is 277 Å². The lowest BCUT2D eigenvalue weighted by Gasteiger charge is -2.18. The second-order valence-electron chi connectivity index (χ2n) is 12.1. The van der Waals surface area contributed by atoms with Crippen molar-refractivity contribution < 1.29 is 9.90 Å². The SMILES string of the molecule is [2H]c1c([2H])c(-c2cccc3ccccc23)c([2H])c(-c2c3ccccc3c(-c3ccc4oc5c6ccccc6ccc5c4c3)c3ccccc23)c1[2H]. The molecule has 1 heterocycles. The molecule has 0 spiro atoms. The van der Waals surface area contributed by atoms with Crippen LogP contribution >= 0.6 is 0 Å². The lowest BCUT2D eigenvalue weighted by atomic mass is 9.85. The Bertz CT molecular complexity index is 3020. The summed E-state index contributed by atoms with van der Waals surface area (Å²) in [5, 5.41) is 9.96. The zero-order valence-corrected chi connectivity index (χ0v) is 25.3. The topological polar surface area (TPSA) is 13.1 Å². The van der Waals surface area contributed by atoms with E-state index in [4.69, 9.17) is 7.16 Å². The molecule has 0 unspecified atom stereocenters. The molecule has 0 amide bonds. The Kier molecular flexibility index (Phi) is 4.83. The molecule has 0 radical (unpaired) electrons. The number of benzene rings is 9. The quantitative estimate of drug-likeness (QED) is 0.184. The predicted molar refractivity (Wildman–Crippen MR) is 200 cm³/mol. The third kappa shape index (κ3) is 3.97. The summed E-state index contributed by atoms with van der Waals surface area (Å²) in [6, 6.07) is 48.7. The molecule has 0 aliphatic heterocycles. The fourth-order valence-corrected chi connectivity index (χ4v) is 7.42. The van der Waals surface area contributed by atoms with E-state index in [2.05, 4.69) is 54.6 Å². The standard InChI is InChI=1S/C46H28O/c1-3-16-34-29(11-1)13-10-22-35(34)31-14-9-15-32(27-31)44-37-18-5-7-20-39(37)45(40-21-8-6-19-38(40)44)33-24-26-43-42(28-33)41-25-23-30-12-2-4-17-36(30)46(41)47-43/h1-28H/i9D,14D,15D,27D. The molecule has 9 aromatic carbocycles. The summed E-state index contributed by atoms with van der Waals surface area (Å²) in [6.45, 7) is 0. The minimum Gasteiger partial charge on any atom is -0.455 e. The van der Waals surface area contributed by atoms with Crippen molar-refractivity contribution in [1.29, 1.82) is 0 Å². The van der Waals surface area contributed by atoms with Gasteiger partial charge in [-0.15, -0.1) is 0 Å². The molecule has 0 aliphatic carbocycles. The van der Waals surface area contributed by atoms with E-state index in [0.29, 0.717) is 11.1 Å². The summed E-state index contributed by atoms with van der Waals surface area (Å²) in [5.41, 5.74) is 5.97. The van der Waals surface area contributed by atoms with Crippen LogP contribution in [-0.2, 0) is 0 Å². The number of rotatable bonds is 3. The zero-order valence-electron chi connectivity index (χ0n) is 29.3. The molecule has 1 aromatic heterocycles. The van der Waals surface area contributed by atoms with Gasteiger partial charge in [0.15, 0.2) is 0 Å².